The van der Waals surface area contributed by atoms with Crippen LogP contribution in [0.5, 0.6) is 5.75 Å². The number of para-hydroxylation sites is 1. The van der Waals surface area contributed by atoms with Crippen LogP contribution in [0.25, 0.3) is 11.0 Å². The lowest BCUT2D eigenvalue weighted by molar-refractivity contribution is 0.102. The first-order valence-corrected chi connectivity index (χ1v) is 11.2. The molecule has 0 spiro atoms. The fourth-order valence-corrected chi connectivity index (χ4v) is 4.26. The van der Waals surface area contributed by atoms with Crippen molar-refractivity contribution in [3.63, 3.8) is 0 Å². The summed E-state index contributed by atoms with van der Waals surface area (Å²) in [6.07, 6.45) is 0. The van der Waals surface area contributed by atoms with E-state index in [-0.39, 0.29) is 16.1 Å². The van der Waals surface area contributed by atoms with Gasteiger partial charge < -0.3 is 20.0 Å². The van der Waals surface area contributed by atoms with Crippen LogP contribution in [0.1, 0.15) is 17.3 Å². The molecule has 0 bridgehead atoms. The number of aromatic amines is 2. The highest BCUT2D eigenvalue weighted by Crippen LogP contribution is 2.23. The van der Waals surface area contributed by atoms with Crippen LogP contribution in [0, 0.1) is 0 Å². The Morgan fingerprint density at radius 2 is 1.69 bits per heavy atom. The van der Waals surface area contributed by atoms with Gasteiger partial charge in [0.15, 0.2) is 0 Å². The lowest BCUT2D eigenvalue weighted by Crippen LogP contribution is -2.18. The Labute approximate surface area is 183 Å². The number of ether oxygens (including phenoxy) is 1. The largest absolute Gasteiger partial charge is 0.494 e. The Hall–Kier alpha value is -4.05. The maximum atomic E-state index is 12.9. The molecule has 0 saturated carbocycles. The SMILES string of the molecule is CCOc1ccc(NC(=O)c2ccccc2NS(=O)(=O)c2ccc3[nH]c(=O)[nH]c3c2)cc1. The van der Waals surface area contributed by atoms with Crippen LogP contribution in [0.2, 0.25) is 0 Å². The predicted molar refractivity (Wildman–Crippen MR) is 122 cm³/mol. The quantitative estimate of drug-likeness (QED) is 0.341. The van der Waals surface area contributed by atoms with Crippen molar-refractivity contribution in [1.29, 1.82) is 0 Å². The van der Waals surface area contributed by atoms with Crippen LogP contribution in [0.4, 0.5) is 11.4 Å². The highest BCUT2D eigenvalue weighted by Gasteiger charge is 2.19. The number of hydrogen-bond acceptors (Lipinski definition) is 5. The first kappa shape index (κ1) is 21.2. The smallest absolute Gasteiger partial charge is 0.323 e. The molecule has 1 amide bonds. The topological polar surface area (TPSA) is 133 Å². The summed E-state index contributed by atoms with van der Waals surface area (Å²) in [6.45, 7) is 2.41. The van der Waals surface area contributed by atoms with E-state index in [1.807, 2.05) is 6.92 Å². The van der Waals surface area contributed by atoms with Crippen molar-refractivity contribution >= 4 is 38.3 Å². The highest BCUT2D eigenvalue weighted by molar-refractivity contribution is 7.92. The summed E-state index contributed by atoms with van der Waals surface area (Å²) < 4.78 is 33.7. The van der Waals surface area contributed by atoms with Crippen molar-refractivity contribution < 1.29 is 17.9 Å². The molecule has 32 heavy (non-hydrogen) atoms. The van der Waals surface area contributed by atoms with Gasteiger partial charge >= 0.3 is 5.69 Å². The van der Waals surface area contributed by atoms with Gasteiger partial charge in [-0.1, -0.05) is 12.1 Å². The van der Waals surface area contributed by atoms with Crippen molar-refractivity contribution in [3.8, 4) is 5.75 Å². The van der Waals surface area contributed by atoms with Gasteiger partial charge in [0.05, 0.1) is 33.8 Å². The zero-order valence-corrected chi connectivity index (χ0v) is 17.8. The van der Waals surface area contributed by atoms with Crippen molar-refractivity contribution in [1.82, 2.24) is 9.97 Å². The van der Waals surface area contributed by atoms with Gasteiger partial charge in [0.1, 0.15) is 5.75 Å². The third kappa shape index (κ3) is 4.49. The summed E-state index contributed by atoms with van der Waals surface area (Å²) in [5, 5.41) is 2.75. The van der Waals surface area contributed by atoms with Crippen LogP contribution in [0.15, 0.2) is 76.4 Å². The van der Waals surface area contributed by atoms with E-state index in [1.165, 1.54) is 30.3 Å². The molecule has 10 heteroatoms. The number of nitrogens with one attached hydrogen (secondary N) is 4. The van der Waals surface area contributed by atoms with Gasteiger partial charge in [-0.25, -0.2) is 13.2 Å². The number of aromatic nitrogens is 2. The van der Waals surface area contributed by atoms with Gasteiger partial charge in [0.2, 0.25) is 0 Å². The Bertz CT molecular complexity index is 1440. The van der Waals surface area contributed by atoms with Crippen LogP contribution < -0.4 is 20.5 Å². The maximum absolute atomic E-state index is 12.9. The highest BCUT2D eigenvalue weighted by atomic mass is 32.2. The number of carbonyl (C=O) groups is 1. The van der Waals surface area contributed by atoms with Gasteiger partial charge in [-0.15, -0.1) is 0 Å². The van der Waals surface area contributed by atoms with Crippen molar-refractivity contribution in [2.24, 2.45) is 0 Å². The van der Waals surface area contributed by atoms with Crippen LogP contribution in [0.3, 0.4) is 0 Å². The number of benzene rings is 3. The van der Waals surface area contributed by atoms with E-state index in [0.29, 0.717) is 29.1 Å². The number of carbonyl (C=O) groups excluding carboxylic acids is 1. The molecule has 4 aromatic rings. The molecule has 0 atom stereocenters. The predicted octanol–water partition coefficient (Wildman–Crippen LogP) is 3.31. The van der Waals surface area contributed by atoms with Crippen molar-refractivity contribution in [2.75, 3.05) is 16.6 Å². The second-order valence-electron chi connectivity index (χ2n) is 6.85. The molecule has 0 unspecified atom stereocenters. The van der Waals surface area contributed by atoms with Crippen LogP contribution in [-0.2, 0) is 10.0 Å². The normalized spacial score (nSPS) is 11.3. The third-order valence-electron chi connectivity index (χ3n) is 4.64. The maximum Gasteiger partial charge on any atom is 0.323 e. The van der Waals surface area contributed by atoms with Crippen LogP contribution in [-0.4, -0.2) is 30.9 Å². The minimum atomic E-state index is -4.02. The average Bonchev–Trinajstić information content (AvgIpc) is 3.14. The first-order chi connectivity index (χ1) is 15.4. The van der Waals surface area contributed by atoms with Gasteiger partial charge in [-0.05, 0) is 61.5 Å². The van der Waals surface area contributed by atoms with Crippen molar-refractivity contribution in [2.45, 2.75) is 11.8 Å². The number of sulfonamides is 1. The molecular weight excluding hydrogens is 432 g/mol. The van der Waals surface area contributed by atoms with E-state index >= 15 is 0 Å². The molecule has 0 fully saturated rings. The fourth-order valence-electron chi connectivity index (χ4n) is 3.15. The Kier molecular flexibility index (Phi) is 5.69. The van der Waals surface area contributed by atoms with E-state index in [9.17, 15) is 18.0 Å². The number of imidazole rings is 1. The molecule has 1 aromatic heterocycles. The summed E-state index contributed by atoms with van der Waals surface area (Å²) in [4.78, 5) is 29.3. The Balaban J connectivity index is 1.58. The molecule has 4 N–H and O–H groups in total. The zero-order chi connectivity index (χ0) is 22.7. The van der Waals surface area contributed by atoms with Crippen molar-refractivity contribution in [3.05, 3.63) is 82.8 Å². The third-order valence-corrected chi connectivity index (χ3v) is 6.00. The fraction of sp³-hybridized carbons (Fsp3) is 0.0909. The molecule has 0 aliphatic carbocycles. The summed E-state index contributed by atoms with van der Waals surface area (Å²) in [5.41, 5.74) is 1.24. The number of amides is 1. The van der Waals surface area contributed by atoms with Gasteiger partial charge in [-0.3, -0.25) is 9.52 Å². The first-order valence-electron chi connectivity index (χ1n) is 9.74. The van der Waals surface area contributed by atoms with E-state index in [2.05, 4.69) is 20.0 Å². The van der Waals surface area contributed by atoms with E-state index in [0.717, 1.165) is 0 Å². The second kappa shape index (κ2) is 8.60. The summed E-state index contributed by atoms with van der Waals surface area (Å²) >= 11 is 0. The minimum absolute atomic E-state index is 0.0537. The number of fused-ring (bicyclic) bond motifs is 1. The summed E-state index contributed by atoms with van der Waals surface area (Å²) in [5.74, 6) is 0.206. The number of hydrogen-bond donors (Lipinski definition) is 4. The summed E-state index contributed by atoms with van der Waals surface area (Å²) in [6, 6.07) is 17.4. The minimum Gasteiger partial charge on any atom is -0.494 e. The van der Waals surface area contributed by atoms with Gasteiger partial charge in [-0.2, -0.15) is 0 Å². The standard InChI is InChI=1S/C22H20N4O5S/c1-2-31-15-9-7-14(8-10-15)23-21(27)17-5-3-4-6-18(17)26-32(29,30)16-11-12-19-20(13-16)25-22(28)24-19/h3-13,26H,2H2,1H3,(H,23,27)(H2,24,25,28). The Morgan fingerprint density at radius 1 is 0.969 bits per heavy atom. The van der Waals surface area contributed by atoms with Crippen LogP contribution >= 0.6 is 0 Å². The molecule has 1 heterocycles. The van der Waals surface area contributed by atoms with Gasteiger partial charge in [0, 0.05) is 5.69 Å². The zero-order valence-electron chi connectivity index (χ0n) is 17.0. The lowest BCUT2D eigenvalue weighted by atomic mass is 10.1. The summed E-state index contributed by atoms with van der Waals surface area (Å²) in [7, 11) is -4.02. The molecule has 9 nitrogen and oxygen atoms in total. The second-order valence-corrected chi connectivity index (χ2v) is 8.53. The molecule has 3 aromatic carbocycles. The van der Waals surface area contributed by atoms with E-state index in [4.69, 9.17) is 4.74 Å². The van der Waals surface area contributed by atoms with E-state index in [1.54, 1.807) is 36.4 Å². The van der Waals surface area contributed by atoms with E-state index < -0.39 is 21.6 Å². The monoisotopic (exact) mass is 452 g/mol. The molecule has 0 radical (unpaired) electrons. The number of H-pyrrole nitrogens is 2. The molecule has 0 aliphatic rings. The molecular formula is C22H20N4O5S. The average molecular weight is 452 g/mol. The number of anilines is 2. The number of rotatable bonds is 7. The molecule has 0 aliphatic heterocycles. The molecule has 0 saturated heterocycles. The molecule has 4 rings (SSSR count). The lowest BCUT2D eigenvalue weighted by Gasteiger charge is -2.13. The Morgan fingerprint density at radius 3 is 2.44 bits per heavy atom. The van der Waals surface area contributed by atoms with Gasteiger partial charge in [0.25, 0.3) is 15.9 Å². The molecule has 164 valence electrons.